The molecule has 0 aliphatic carbocycles. The third-order valence-electron chi connectivity index (χ3n) is 1.38. The molecule has 76 valence electrons. The molecule has 0 bridgehead atoms. The molecule has 0 saturated carbocycles. The molecule has 0 aliphatic heterocycles. The second kappa shape index (κ2) is 3.71. The van der Waals surface area contributed by atoms with Crippen molar-refractivity contribution in [3.05, 3.63) is 27.1 Å². The zero-order chi connectivity index (χ0) is 10.9. The van der Waals surface area contributed by atoms with Gasteiger partial charge in [-0.3, -0.25) is 0 Å². The Morgan fingerprint density at radius 2 is 2.07 bits per heavy atom. The fraction of sp³-hybridized carbons (Fsp3) is 0.143. The number of hydrogen-bond acceptors (Lipinski definition) is 2. The predicted octanol–water partition coefficient (Wildman–Crippen LogP) is 2.40. The Morgan fingerprint density at radius 3 is 2.50 bits per heavy atom. The average Bonchev–Trinajstić information content (AvgIpc) is 2.02. The van der Waals surface area contributed by atoms with Crippen molar-refractivity contribution in [2.75, 3.05) is 0 Å². The molecule has 0 amide bonds. The number of hydrogen-bond donors (Lipinski definition) is 1. The van der Waals surface area contributed by atoms with Crippen molar-refractivity contribution >= 4 is 28.6 Å². The van der Waals surface area contributed by atoms with E-state index in [2.05, 4.69) is 4.98 Å². The summed E-state index contributed by atoms with van der Waals surface area (Å²) in [6.45, 7) is 0. The third-order valence-corrected chi connectivity index (χ3v) is 2.24. The van der Waals surface area contributed by atoms with Gasteiger partial charge in [-0.05, 0) is 28.7 Å². The summed E-state index contributed by atoms with van der Waals surface area (Å²) in [6.07, 6.45) is -3.67. The SMILES string of the molecule is O=C(O)c1cc(C(F)(F)F)c(I)cn1. The number of halogens is 4. The predicted molar refractivity (Wildman–Crippen MR) is 48.9 cm³/mol. The van der Waals surface area contributed by atoms with Gasteiger partial charge < -0.3 is 5.11 Å². The second-order valence-electron chi connectivity index (χ2n) is 2.35. The van der Waals surface area contributed by atoms with Crippen molar-refractivity contribution in [3.8, 4) is 0 Å². The molecular weight excluding hydrogens is 314 g/mol. The number of aromatic carboxylic acids is 1. The molecule has 1 N–H and O–H groups in total. The van der Waals surface area contributed by atoms with Gasteiger partial charge in [0, 0.05) is 9.77 Å². The van der Waals surface area contributed by atoms with E-state index < -0.39 is 23.4 Å². The van der Waals surface area contributed by atoms with Crippen LogP contribution in [0.5, 0.6) is 0 Å². The van der Waals surface area contributed by atoms with E-state index in [1.165, 1.54) is 22.6 Å². The van der Waals surface area contributed by atoms with E-state index in [9.17, 15) is 18.0 Å². The van der Waals surface area contributed by atoms with Crippen LogP contribution in [0.1, 0.15) is 16.1 Å². The van der Waals surface area contributed by atoms with Crippen LogP contribution in [0, 0.1) is 3.57 Å². The summed E-state index contributed by atoms with van der Waals surface area (Å²) < 4.78 is 36.7. The lowest BCUT2D eigenvalue weighted by Crippen LogP contribution is -2.11. The Hall–Kier alpha value is -0.860. The maximum absolute atomic E-state index is 12.3. The minimum absolute atomic E-state index is 0.125. The fourth-order valence-electron chi connectivity index (χ4n) is 0.773. The maximum Gasteiger partial charge on any atom is 0.417 e. The Balaban J connectivity index is 3.29. The lowest BCUT2D eigenvalue weighted by atomic mass is 10.2. The Bertz CT molecular complexity index is 378. The van der Waals surface area contributed by atoms with Gasteiger partial charge in [0.25, 0.3) is 0 Å². The summed E-state index contributed by atoms with van der Waals surface area (Å²) in [5.74, 6) is -1.48. The largest absolute Gasteiger partial charge is 0.477 e. The first-order chi connectivity index (χ1) is 6.32. The monoisotopic (exact) mass is 317 g/mol. The molecule has 14 heavy (non-hydrogen) atoms. The molecule has 0 aliphatic rings. The van der Waals surface area contributed by atoms with Crippen LogP contribution in [0.25, 0.3) is 0 Å². The average molecular weight is 317 g/mol. The number of carboxylic acids is 1. The molecule has 0 radical (unpaired) electrons. The Morgan fingerprint density at radius 1 is 1.50 bits per heavy atom. The van der Waals surface area contributed by atoms with Crippen molar-refractivity contribution in [2.24, 2.45) is 0 Å². The summed E-state index contributed by atoms with van der Waals surface area (Å²) in [5.41, 5.74) is -1.59. The molecule has 7 heteroatoms. The normalized spacial score (nSPS) is 11.4. The van der Waals surface area contributed by atoms with Crippen LogP contribution in [-0.2, 0) is 6.18 Å². The van der Waals surface area contributed by atoms with Crippen LogP contribution >= 0.6 is 22.6 Å². The maximum atomic E-state index is 12.3. The molecule has 3 nitrogen and oxygen atoms in total. The van der Waals surface area contributed by atoms with Gasteiger partial charge in [-0.15, -0.1) is 0 Å². The lowest BCUT2D eigenvalue weighted by molar-refractivity contribution is -0.138. The van der Waals surface area contributed by atoms with E-state index in [0.717, 1.165) is 6.20 Å². The molecular formula is C7H3F3INO2. The molecule has 1 aromatic rings. The first-order valence-corrected chi connectivity index (χ1v) is 4.36. The number of nitrogens with zero attached hydrogens (tertiary/aromatic N) is 1. The van der Waals surface area contributed by atoms with Crippen molar-refractivity contribution < 1.29 is 23.1 Å². The first-order valence-electron chi connectivity index (χ1n) is 3.28. The zero-order valence-electron chi connectivity index (χ0n) is 6.47. The number of pyridine rings is 1. The van der Waals surface area contributed by atoms with Gasteiger partial charge in [0.1, 0.15) is 5.69 Å². The van der Waals surface area contributed by atoms with Gasteiger partial charge in [0.2, 0.25) is 0 Å². The molecule has 0 saturated heterocycles. The molecule has 1 aromatic heterocycles. The van der Waals surface area contributed by atoms with Crippen molar-refractivity contribution in [1.82, 2.24) is 4.98 Å². The number of rotatable bonds is 1. The molecule has 1 rings (SSSR count). The zero-order valence-corrected chi connectivity index (χ0v) is 8.63. The Labute approximate surface area is 90.1 Å². The summed E-state index contributed by atoms with van der Waals surface area (Å²) in [5, 5.41) is 8.43. The molecule has 0 unspecified atom stereocenters. The van der Waals surface area contributed by atoms with E-state index in [1.54, 1.807) is 0 Å². The first kappa shape index (κ1) is 11.2. The van der Waals surface area contributed by atoms with E-state index in [4.69, 9.17) is 5.11 Å². The van der Waals surface area contributed by atoms with Crippen LogP contribution in [0.3, 0.4) is 0 Å². The second-order valence-corrected chi connectivity index (χ2v) is 3.51. The minimum atomic E-state index is -4.55. The highest BCUT2D eigenvalue weighted by molar-refractivity contribution is 14.1. The van der Waals surface area contributed by atoms with E-state index in [1.807, 2.05) is 0 Å². The molecule has 0 atom stereocenters. The highest BCUT2D eigenvalue weighted by Crippen LogP contribution is 2.32. The lowest BCUT2D eigenvalue weighted by Gasteiger charge is -2.08. The quantitative estimate of drug-likeness (QED) is 0.809. The standard InChI is InChI=1S/C7H3F3INO2/c8-7(9,10)3-1-5(6(13)14)12-2-4(3)11/h1-2H,(H,13,14). The van der Waals surface area contributed by atoms with Crippen LogP contribution in [-0.4, -0.2) is 16.1 Å². The number of aromatic nitrogens is 1. The highest BCUT2D eigenvalue weighted by Gasteiger charge is 2.34. The summed E-state index contributed by atoms with van der Waals surface area (Å²) in [4.78, 5) is 13.7. The van der Waals surface area contributed by atoms with Crippen molar-refractivity contribution in [3.63, 3.8) is 0 Å². The smallest absolute Gasteiger partial charge is 0.417 e. The summed E-state index contributed by atoms with van der Waals surface area (Å²) in [6, 6.07) is 0.518. The number of carboxylic acid groups (broad SMARTS) is 1. The van der Waals surface area contributed by atoms with Gasteiger partial charge in [0.15, 0.2) is 0 Å². The molecule has 1 heterocycles. The van der Waals surface area contributed by atoms with Crippen LogP contribution < -0.4 is 0 Å². The van der Waals surface area contributed by atoms with Gasteiger partial charge in [-0.1, -0.05) is 0 Å². The Kier molecular flexibility index (Phi) is 2.98. The van der Waals surface area contributed by atoms with Crippen molar-refractivity contribution in [2.45, 2.75) is 6.18 Å². The summed E-state index contributed by atoms with van der Waals surface area (Å²) in [7, 11) is 0. The molecule has 0 fully saturated rings. The topological polar surface area (TPSA) is 50.2 Å². The van der Waals surface area contributed by atoms with E-state index in [0.29, 0.717) is 6.07 Å². The van der Waals surface area contributed by atoms with Gasteiger partial charge >= 0.3 is 12.1 Å². The van der Waals surface area contributed by atoms with Crippen LogP contribution in [0.2, 0.25) is 0 Å². The van der Waals surface area contributed by atoms with Crippen LogP contribution in [0.15, 0.2) is 12.3 Å². The van der Waals surface area contributed by atoms with Gasteiger partial charge in [-0.25, -0.2) is 9.78 Å². The van der Waals surface area contributed by atoms with Gasteiger partial charge in [-0.2, -0.15) is 13.2 Å². The van der Waals surface area contributed by atoms with Gasteiger partial charge in [0.05, 0.1) is 5.56 Å². The number of carbonyl (C=O) groups is 1. The van der Waals surface area contributed by atoms with Crippen molar-refractivity contribution in [1.29, 1.82) is 0 Å². The molecule has 0 spiro atoms. The third kappa shape index (κ3) is 2.34. The van der Waals surface area contributed by atoms with E-state index >= 15 is 0 Å². The number of alkyl halides is 3. The van der Waals surface area contributed by atoms with E-state index in [-0.39, 0.29) is 3.57 Å². The minimum Gasteiger partial charge on any atom is -0.477 e. The van der Waals surface area contributed by atoms with Crippen LogP contribution in [0.4, 0.5) is 13.2 Å². The highest BCUT2D eigenvalue weighted by atomic mass is 127. The fourth-order valence-corrected chi connectivity index (χ4v) is 1.37. The molecule has 0 aromatic carbocycles. The summed E-state index contributed by atoms with van der Waals surface area (Å²) >= 11 is 1.45.